The molecule has 0 atom stereocenters. The van der Waals surface area contributed by atoms with E-state index >= 15 is 0 Å². The van der Waals surface area contributed by atoms with E-state index in [0.717, 1.165) is 16.5 Å². The summed E-state index contributed by atoms with van der Waals surface area (Å²) in [6, 6.07) is 3.91. The standard InChI is InChI=1S/C18H21Cl2N5O2/c1-18(2,3)10-6-9-12(7-11(10)19)23-24-16(9)21-8-13-22-15(20)14(25(13)4)17(26)27-5/h6-7H,8H2,1-5H3,(H2,21,23,24). The number of nitrogens with one attached hydrogen (secondary N) is 2. The molecule has 0 saturated heterocycles. The maximum absolute atomic E-state index is 11.8. The van der Waals surface area contributed by atoms with Crippen LogP contribution in [0.15, 0.2) is 12.1 Å². The number of aromatic amines is 1. The second kappa shape index (κ2) is 7.05. The molecule has 0 radical (unpaired) electrons. The first-order valence-electron chi connectivity index (χ1n) is 8.35. The highest BCUT2D eigenvalue weighted by Crippen LogP contribution is 2.34. The number of H-pyrrole nitrogens is 1. The predicted octanol–water partition coefficient (Wildman–Crippen LogP) is 4.30. The van der Waals surface area contributed by atoms with Gasteiger partial charge in [-0.15, -0.1) is 0 Å². The number of esters is 1. The van der Waals surface area contributed by atoms with Crippen molar-refractivity contribution >= 4 is 45.9 Å². The van der Waals surface area contributed by atoms with Gasteiger partial charge in [-0.1, -0.05) is 44.0 Å². The summed E-state index contributed by atoms with van der Waals surface area (Å²) < 4.78 is 6.35. The van der Waals surface area contributed by atoms with Gasteiger partial charge in [0.1, 0.15) is 5.82 Å². The molecule has 1 aromatic carbocycles. The Hall–Kier alpha value is -2.25. The van der Waals surface area contributed by atoms with Gasteiger partial charge in [0.05, 0.1) is 19.2 Å². The second-order valence-corrected chi connectivity index (χ2v) is 8.04. The molecule has 2 aromatic heterocycles. The molecule has 0 fully saturated rings. The van der Waals surface area contributed by atoms with Gasteiger partial charge in [-0.3, -0.25) is 5.10 Å². The van der Waals surface area contributed by atoms with Crippen molar-refractivity contribution in [1.82, 2.24) is 19.7 Å². The maximum atomic E-state index is 11.8. The van der Waals surface area contributed by atoms with Gasteiger partial charge in [-0.25, -0.2) is 9.78 Å². The van der Waals surface area contributed by atoms with E-state index in [0.29, 0.717) is 23.2 Å². The highest BCUT2D eigenvalue weighted by Gasteiger charge is 2.22. The van der Waals surface area contributed by atoms with E-state index in [9.17, 15) is 4.79 Å². The lowest BCUT2D eigenvalue weighted by Gasteiger charge is -2.20. The van der Waals surface area contributed by atoms with E-state index < -0.39 is 5.97 Å². The number of halogens is 2. The van der Waals surface area contributed by atoms with Crippen LogP contribution in [0.5, 0.6) is 0 Å². The number of carbonyl (C=O) groups is 1. The van der Waals surface area contributed by atoms with Crippen LogP contribution in [0.4, 0.5) is 5.82 Å². The number of hydrogen-bond acceptors (Lipinski definition) is 5. The van der Waals surface area contributed by atoms with Gasteiger partial charge in [0.25, 0.3) is 0 Å². The Kier molecular flexibility index (Phi) is 5.10. The number of anilines is 1. The predicted molar refractivity (Wildman–Crippen MR) is 107 cm³/mol. The molecule has 27 heavy (non-hydrogen) atoms. The quantitative estimate of drug-likeness (QED) is 0.627. The Morgan fingerprint density at radius 1 is 1.33 bits per heavy atom. The van der Waals surface area contributed by atoms with Gasteiger partial charge in [-0.2, -0.15) is 5.10 Å². The lowest BCUT2D eigenvalue weighted by atomic mass is 9.86. The van der Waals surface area contributed by atoms with E-state index in [1.165, 1.54) is 7.11 Å². The molecule has 0 amide bonds. The van der Waals surface area contributed by atoms with Crippen molar-refractivity contribution in [3.05, 3.63) is 39.4 Å². The topological polar surface area (TPSA) is 84.8 Å². The number of fused-ring (bicyclic) bond motifs is 1. The summed E-state index contributed by atoms with van der Waals surface area (Å²) in [5, 5.41) is 12.3. The Balaban J connectivity index is 1.91. The number of methoxy groups -OCH3 is 1. The molecule has 2 heterocycles. The van der Waals surface area contributed by atoms with Crippen LogP contribution in [-0.4, -0.2) is 32.8 Å². The van der Waals surface area contributed by atoms with E-state index in [1.54, 1.807) is 11.6 Å². The number of rotatable bonds is 4. The molecule has 0 unspecified atom stereocenters. The number of imidazole rings is 1. The summed E-state index contributed by atoms with van der Waals surface area (Å²) in [6.45, 7) is 6.66. The summed E-state index contributed by atoms with van der Waals surface area (Å²) in [5.41, 5.74) is 1.99. The molecule has 0 bridgehead atoms. The van der Waals surface area contributed by atoms with Crippen molar-refractivity contribution in [2.75, 3.05) is 12.4 Å². The third-order valence-electron chi connectivity index (χ3n) is 4.40. The molecule has 0 spiro atoms. The second-order valence-electron chi connectivity index (χ2n) is 7.27. The van der Waals surface area contributed by atoms with Crippen molar-refractivity contribution in [2.24, 2.45) is 7.05 Å². The van der Waals surface area contributed by atoms with Crippen LogP contribution in [0.1, 0.15) is 42.6 Å². The molecule has 3 rings (SSSR count). The Bertz CT molecular complexity index is 1020. The zero-order valence-electron chi connectivity index (χ0n) is 15.8. The summed E-state index contributed by atoms with van der Waals surface area (Å²) in [7, 11) is 3.01. The summed E-state index contributed by atoms with van der Waals surface area (Å²) in [6.07, 6.45) is 0. The van der Waals surface area contributed by atoms with Gasteiger partial charge in [-0.05, 0) is 23.1 Å². The van der Waals surface area contributed by atoms with Crippen LogP contribution in [0.2, 0.25) is 10.2 Å². The smallest absolute Gasteiger partial charge is 0.357 e. The largest absolute Gasteiger partial charge is 0.464 e. The van der Waals surface area contributed by atoms with Crippen molar-refractivity contribution < 1.29 is 9.53 Å². The van der Waals surface area contributed by atoms with Crippen molar-refractivity contribution in [3.8, 4) is 0 Å². The molecule has 9 heteroatoms. The highest BCUT2D eigenvalue weighted by atomic mass is 35.5. The highest BCUT2D eigenvalue weighted by molar-refractivity contribution is 6.32. The van der Waals surface area contributed by atoms with Crippen LogP contribution in [0.3, 0.4) is 0 Å². The Morgan fingerprint density at radius 3 is 2.67 bits per heavy atom. The normalized spacial score (nSPS) is 11.8. The molecular formula is C18H21Cl2N5O2. The number of aromatic nitrogens is 4. The summed E-state index contributed by atoms with van der Waals surface area (Å²) in [4.78, 5) is 16.1. The number of benzene rings is 1. The van der Waals surface area contributed by atoms with Crippen LogP contribution in [-0.2, 0) is 23.7 Å². The average Bonchev–Trinajstić information content (AvgIpc) is 3.10. The first-order chi connectivity index (χ1) is 12.6. The van der Waals surface area contributed by atoms with Gasteiger partial charge in [0.2, 0.25) is 0 Å². The van der Waals surface area contributed by atoms with Crippen molar-refractivity contribution in [1.29, 1.82) is 0 Å². The average molecular weight is 410 g/mol. The zero-order valence-corrected chi connectivity index (χ0v) is 17.3. The van der Waals surface area contributed by atoms with Crippen LogP contribution >= 0.6 is 23.2 Å². The van der Waals surface area contributed by atoms with E-state index in [2.05, 4.69) is 41.3 Å². The van der Waals surface area contributed by atoms with E-state index in [4.69, 9.17) is 27.9 Å². The molecule has 144 valence electrons. The Morgan fingerprint density at radius 2 is 2.04 bits per heavy atom. The fourth-order valence-corrected chi connectivity index (χ4v) is 3.64. The van der Waals surface area contributed by atoms with Gasteiger partial charge >= 0.3 is 5.97 Å². The first-order valence-corrected chi connectivity index (χ1v) is 9.10. The number of carbonyl (C=O) groups excluding carboxylic acids is 1. The number of hydrogen-bond donors (Lipinski definition) is 2. The first kappa shape index (κ1) is 19.5. The van der Waals surface area contributed by atoms with Crippen molar-refractivity contribution in [3.63, 3.8) is 0 Å². The van der Waals surface area contributed by atoms with Crippen LogP contribution < -0.4 is 5.32 Å². The Labute approximate surface area is 167 Å². The van der Waals surface area contributed by atoms with Gasteiger partial charge in [0.15, 0.2) is 16.7 Å². The molecule has 7 nitrogen and oxygen atoms in total. The lowest BCUT2D eigenvalue weighted by molar-refractivity contribution is 0.0589. The molecule has 0 aliphatic carbocycles. The monoisotopic (exact) mass is 409 g/mol. The minimum atomic E-state index is -0.532. The molecule has 0 saturated carbocycles. The molecule has 3 aromatic rings. The maximum Gasteiger partial charge on any atom is 0.357 e. The minimum absolute atomic E-state index is 0.0948. The minimum Gasteiger partial charge on any atom is -0.464 e. The fourth-order valence-electron chi connectivity index (χ4n) is 2.89. The third-order valence-corrected chi connectivity index (χ3v) is 4.97. The molecule has 2 N–H and O–H groups in total. The van der Waals surface area contributed by atoms with E-state index in [1.807, 2.05) is 12.1 Å². The number of nitrogens with zero attached hydrogens (tertiary/aromatic N) is 3. The van der Waals surface area contributed by atoms with Gasteiger partial charge < -0.3 is 14.6 Å². The summed E-state index contributed by atoms with van der Waals surface area (Å²) in [5.74, 6) is 0.725. The molecule has 0 aliphatic rings. The van der Waals surface area contributed by atoms with Crippen LogP contribution in [0, 0.1) is 0 Å². The molecule has 0 aliphatic heterocycles. The number of ether oxygens (including phenoxy) is 1. The zero-order chi connectivity index (χ0) is 19.9. The van der Waals surface area contributed by atoms with Crippen molar-refractivity contribution in [2.45, 2.75) is 32.7 Å². The fraction of sp³-hybridized carbons (Fsp3) is 0.389. The van der Waals surface area contributed by atoms with Crippen LogP contribution in [0.25, 0.3) is 10.9 Å². The lowest BCUT2D eigenvalue weighted by Crippen LogP contribution is -2.12. The summed E-state index contributed by atoms with van der Waals surface area (Å²) >= 11 is 12.5. The SMILES string of the molecule is COC(=O)c1c(Cl)nc(CNc2n[nH]c3cc(Cl)c(C(C)(C)C)cc23)n1C. The third kappa shape index (κ3) is 3.61. The van der Waals surface area contributed by atoms with Gasteiger partial charge in [0, 0.05) is 17.5 Å². The molecular weight excluding hydrogens is 389 g/mol. The van der Waals surface area contributed by atoms with E-state index in [-0.39, 0.29) is 16.3 Å².